The van der Waals surface area contributed by atoms with Gasteiger partial charge in [-0.05, 0) is 23.1 Å². The minimum absolute atomic E-state index is 0.581. The normalized spacial score (nSPS) is 11.8. The Kier molecular flexibility index (Phi) is 4.27. The Labute approximate surface area is 116 Å². The number of hydrogen-bond acceptors (Lipinski definition) is 3. The maximum Gasteiger partial charge on any atom is 0.325 e. The van der Waals surface area contributed by atoms with Crippen LogP contribution in [0.15, 0.2) is 48.5 Å². The van der Waals surface area contributed by atoms with Crippen LogP contribution in [0.3, 0.4) is 0 Å². The molecule has 0 radical (unpaired) electrons. The van der Waals surface area contributed by atoms with E-state index in [4.69, 9.17) is 10.8 Å². The maximum atomic E-state index is 10.8. The van der Waals surface area contributed by atoms with Gasteiger partial charge in [0.1, 0.15) is 12.3 Å². The van der Waals surface area contributed by atoms with Crippen LogP contribution >= 0.6 is 0 Å². The first-order chi connectivity index (χ1) is 9.60. The standard InChI is InChI=1S/C16H15NO3/c17-15(16(19)20)14-7-5-12(6-8-14)9-11-1-3-13(10-18)4-2-11/h1-8,10,15H,9,17H2,(H,19,20)/t15-/m0/s1. The average Bonchev–Trinajstić information content (AvgIpc) is 2.48. The largest absolute Gasteiger partial charge is 0.480 e. The molecule has 4 heteroatoms. The number of carbonyl (C=O) groups excluding carboxylic acids is 1. The minimum atomic E-state index is -1.04. The number of hydrogen-bond donors (Lipinski definition) is 2. The van der Waals surface area contributed by atoms with Crippen LogP contribution in [0.2, 0.25) is 0 Å². The first-order valence-corrected chi connectivity index (χ1v) is 6.21. The number of aldehydes is 1. The Hall–Kier alpha value is -2.46. The van der Waals surface area contributed by atoms with Crippen molar-refractivity contribution in [1.82, 2.24) is 0 Å². The van der Waals surface area contributed by atoms with Crippen molar-refractivity contribution in [2.75, 3.05) is 0 Å². The first-order valence-electron chi connectivity index (χ1n) is 6.21. The van der Waals surface area contributed by atoms with Crippen molar-refractivity contribution in [3.05, 3.63) is 70.8 Å². The monoisotopic (exact) mass is 269 g/mol. The van der Waals surface area contributed by atoms with Gasteiger partial charge >= 0.3 is 5.97 Å². The lowest BCUT2D eigenvalue weighted by Crippen LogP contribution is -2.20. The fourth-order valence-corrected chi connectivity index (χ4v) is 1.94. The van der Waals surface area contributed by atoms with E-state index >= 15 is 0 Å². The second kappa shape index (κ2) is 6.12. The third kappa shape index (κ3) is 3.30. The second-order valence-electron chi connectivity index (χ2n) is 4.59. The molecule has 0 saturated carbocycles. The highest BCUT2D eigenvalue weighted by Crippen LogP contribution is 2.15. The molecule has 1 atom stereocenters. The summed E-state index contributed by atoms with van der Waals surface area (Å²) >= 11 is 0. The zero-order valence-electron chi connectivity index (χ0n) is 10.8. The number of carboxylic acids is 1. The van der Waals surface area contributed by atoms with Crippen molar-refractivity contribution in [2.45, 2.75) is 12.5 Å². The van der Waals surface area contributed by atoms with E-state index < -0.39 is 12.0 Å². The van der Waals surface area contributed by atoms with Crippen molar-refractivity contribution in [1.29, 1.82) is 0 Å². The lowest BCUT2D eigenvalue weighted by atomic mass is 10.0. The van der Waals surface area contributed by atoms with Crippen molar-refractivity contribution in [3.63, 3.8) is 0 Å². The molecule has 0 heterocycles. The summed E-state index contributed by atoms with van der Waals surface area (Å²) in [7, 11) is 0. The second-order valence-corrected chi connectivity index (χ2v) is 4.59. The first kappa shape index (κ1) is 14.0. The molecule has 2 rings (SSSR count). The zero-order valence-corrected chi connectivity index (χ0v) is 10.8. The van der Waals surface area contributed by atoms with Crippen LogP contribution in [-0.2, 0) is 11.2 Å². The molecule has 0 unspecified atom stereocenters. The third-order valence-corrected chi connectivity index (χ3v) is 3.13. The summed E-state index contributed by atoms with van der Waals surface area (Å²) in [5.41, 5.74) is 8.92. The summed E-state index contributed by atoms with van der Waals surface area (Å²) in [6.07, 6.45) is 1.54. The molecule has 0 fully saturated rings. The Morgan fingerprint density at radius 2 is 1.55 bits per heavy atom. The molecule has 0 saturated heterocycles. The predicted molar refractivity (Wildman–Crippen MR) is 75.6 cm³/mol. The molecule has 0 aliphatic rings. The van der Waals surface area contributed by atoms with Crippen molar-refractivity contribution < 1.29 is 14.7 Å². The van der Waals surface area contributed by atoms with Crippen LogP contribution in [0, 0.1) is 0 Å². The molecule has 4 nitrogen and oxygen atoms in total. The Balaban J connectivity index is 2.10. The number of carboxylic acid groups (broad SMARTS) is 1. The number of aliphatic carboxylic acids is 1. The number of rotatable bonds is 5. The van der Waals surface area contributed by atoms with E-state index in [9.17, 15) is 9.59 Å². The van der Waals surface area contributed by atoms with Gasteiger partial charge in [0.15, 0.2) is 0 Å². The maximum absolute atomic E-state index is 10.8. The molecule has 0 bridgehead atoms. The van der Waals surface area contributed by atoms with Gasteiger partial charge in [-0.2, -0.15) is 0 Å². The molecule has 0 aliphatic heterocycles. The number of carbonyl (C=O) groups is 2. The number of nitrogens with two attached hydrogens (primary N) is 1. The highest BCUT2D eigenvalue weighted by atomic mass is 16.4. The van der Waals surface area contributed by atoms with Gasteiger partial charge in [0, 0.05) is 5.56 Å². The molecule has 0 spiro atoms. The van der Waals surface area contributed by atoms with Crippen LogP contribution in [0.25, 0.3) is 0 Å². The van der Waals surface area contributed by atoms with E-state index in [1.54, 1.807) is 24.3 Å². The molecular weight excluding hydrogens is 254 g/mol. The van der Waals surface area contributed by atoms with Crippen LogP contribution in [0.5, 0.6) is 0 Å². The smallest absolute Gasteiger partial charge is 0.325 e. The summed E-state index contributed by atoms with van der Waals surface area (Å²) in [5, 5.41) is 8.84. The molecule has 0 aliphatic carbocycles. The number of benzene rings is 2. The highest BCUT2D eigenvalue weighted by Gasteiger charge is 2.13. The van der Waals surface area contributed by atoms with Gasteiger partial charge in [-0.25, -0.2) is 0 Å². The van der Waals surface area contributed by atoms with Crippen molar-refractivity contribution in [3.8, 4) is 0 Å². The molecule has 102 valence electrons. The third-order valence-electron chi connectivity index (χ3n) is 3.13. The summed E-state index contributed by atoms with van der Waals surface area (Å²) in [6.45, 7) is 0. The Morgan fingerprint density at radius 3 is 2.00 bits per heavy atom. The lowest BCUT2D eigenvalue weighted by Gasteiger charge is -2.08. The summed E-state index contributed by atoms with van der Waals surface area (Å²) in [5.74, 6) is -1.04. The summed E-state index contributed by atoms with van der Waals surface area (Å²) < 4.78 is 0. The average molecular weight is 269 g/mol. The van der Waals surface area contributed by atoms with Gasteiger partial charge < -0.3 is 10.8 Å². The van der Waals surface area contributed by atoms with E-state index in [0.29, 0.717) is 11.1 Å². The molecular formula is C16H15NO3. The molecule has 20 heavy (non-hydrogen) atoms. The highest BCUT2D eigenvalue weighted by molar-refractivity contribution is 5.75. The molecule has 0 amide bonds. The molecule has 2 aromatic rings. The van der Waals surface area contributed by atoms with Crippen LogP contribution in [0.4, 0.5) is 0 Å². The van der Waals surface area contributed by atoms with Gasteiger partial charge in [-0.15, -0.1) is 0 Å². The van der Waals surface area contributed by atoms with E-state index in [-0.39, 0.29) is 0 Å². The Bertz CT molecular complexity index is 603. The lowest BCUT2D eigenvalue weighted by molar-refractivity contribution is -0.138. The summed E-state index contributed by atoms with van der Waals surface area (Å²) in [4.78, 5) is 21.4. The van der Waals surface area contributed by atoms with Gasteiger partial charge in [0.25, 0.3) is 0 Å². The molecule has 2 aromatic carbocycles. The van der Waals surface area contributed by atoms with Crippen LogP contribution < -0.4 is 5.73 Å². The predicted octanol–water partition coefficient (Wildman–Crippen LogP) is 2.17. The minimum Gasteiger partial charge on any atom is -0.480 e. The fraction of sp³-hybridized carbons (Fsp3) is 0.125. The van der Waals surface area contributed by atoms with Gasteiger partial charge in [-0.1, -0.05) is 48.5 Å². The topological polar surface area (TPSA) is 80.4 Å². The van der Waals surface area contributed by atoms with Crippen LogP contribution in [0.1, 0.15) is 33.1 Å². The van der Waals surface area contributed by atoms with E-state index in [0.717, 1.165) is 23.8 Å². The zero-order chi connectivity index (χ0) is 14.5. The van der Waals surface area contributed by atoms with Crippen molar-refractivity contribution in [2.24, 2.45) is 5.73 Å². The van der Waals surface area contributed by atoms with E-state index in [1.165, 1.54) is 0 Å². The van der Waals surface area contributed by atoms with Gasteiger partial charge in [0.05, 0.1) is 0 Å². The van der Waals surface area contributed by atoms with Crippen molar-refractivity contribution >= 4 is 12.3 Å². The fourth-order valence-electron chi connectivity index (χ4n) is 1.94. The van der Waals surface area contributed by atoms with Gasteiger partial charge in [-0.3, -0.25) is 9.59 Å². The van der Waals surface area contributed by atoms with Gasteiger partial charge in [0.2, 0.25) is 0 Å². The molecule has 3 N–H and O–H groups in total. The molecule has 0 aromatic heterocycles. The van der Waals surface area contributed by atoms with E-state index in [1.807, 2.05) is 24.3 Å². The quantitative estimate of drug-likeness (QED) is 0.815. The van der Waals surface area contributed by atoms with E-state index in [2.05, 4.69) is 0 Å². The SMILES string of the molecule is N[C@H](C(=O)O)c1ccc(Cc2ccc(C=O)cc2)cc1. The summed E-state index contributed by atoms with van der Waals surface area (Å²) in [6, 6.07) is 13.6. The van der Waals surface area contributed by atoms with Crippen LogP contribution in [-0.4, -0.2) is 17.4 Å². The Morgan fingerprint density at radius 1 is 1.05 bits per heavy atom.